The lowest BCUT2D eigenvalue weighted by Gasteiger charge is -2.23. The zero-order chi connectivity index (χ0) is 36.7. The van der Waals surface area contributed by atoms with E-state index in [2.05, 4.69) is 164 Å². The summed E-state index contributed by atoms with van der Waals surface area (Å²) in [7, 11) is 0. The van der Waals surface area contributed by atoms with Gasteiger partial charge in [0.05, 0.1) is 38.9 Å². The van der Waals surface area contributed by atoms with Crippen LogP contribution in [0, 0.1) is 22.7 Å². The van der Waals surface area contributed by atoms with Gasteiger partial charge < -0.3 is 9.13 Å². The molecule has 0 bridgehead atoms. The Morgan fingerprint density at radius 1 is 0.444 bits per heavy atom. The number of nitriles is 2. The van der Waals surface area contributed by atoms with Crippen molar-refractivity contribution in [3.63, 3.8) is 0 Å². The summed E-state index contributed by atoms with van der Waals surface area (Å²) in [4.78, 5) is 0. The molecule has 2 heterocycles. The molecule has 7 aromatic carbocycles. The summed E-state index contributed by atoms with van der Waals surface area (Å²) >= 11 is 0. The number of hydrogen-bond donors (Lipinski definition) is 0. The molecule has 4 nitrogen and oxygen atoms in total. The largest absolute Gasteiger partial charge is 0.309 e. The highest BCUT2D eigenvalue weighted by Gasteiger charge is 2.39. The maximum atomic E-state index is 11.0. The Kier molecular flexibility index (Phi) is 5.90. The molecular weight excluding hydrogens is 657 g/mol. The van der Waals surface area contributed by atoms with Gasteiger partial charge in [0.1, 0.15) is 12.1 Å². The normalized spacial score (nSPS) is 14.6. The number of fused-ring (bicyclic) bond motifs is 14. The van der Waals surface area contributed by atoms with Crippen LogP contribution in [-0.4, -0.2) is 9.13 Å². The molecule has 9 aromatic rings. The lowest BCUT2D eigenvalue weighted by Crippen LogP contribution is -2.15. The minimum absolute atomic E-state index is 0.202. The summed E-state index contributed by atoms with van der Waals surface area (Å²) in [5, 5.41) is 26.7. The molecule has 2 aliphatic carbocycles. The Labute approximate surface area is 313 Å². The van der Waals surface area contributed by atoms with E-state index in [4.69, 9.17) is 0 Å². The van der Waals surface area contributed by atoms with E-state index in [1.54, 1.807) is 0 Å². The van der Waals surface area contributed by atoms with Crippen LogP contribution in [-0.2, 0) is 10.8 Å². The van der Waals surface area contributed by atoms with Crippen LogP contribution in [0.4, 0.5) is 0 Å². The quantitative estimate of drug-likeness (QED) is 0.181. The van der Waals surface area contributed by atoms with Crippen molar-refractivity contribution in [3.8, 4) is 45.8 Å². The van der Waals surface area contributed by atoms with E-state index in [1.807, 2.05) is 18.2 Å². The zero-order valence-electron chi connectivity index (χ0n) is 30.5. The molecule has 11 rings (SSSR count). The standard InChI is InChI=1S/C50H34N4/c1-49(2)38-17-9-5-13-32(38)34-21-23-42-44(46(34)49)36-15-7-11-19-40(36)53(42)31-25-29(27-51)48(30(26-31)28-52)54-41-20-12-8-16-37(41)45-43(54)24-22-35-33-14-6-10-18-39(33)50(3,4)47(35)45/h5-26H,1-4H3. The van der Waals surface area contributed by atoms with E-state index in [0.717, 1.165) is 38.5 Å². The molecule has 0 saturated heterocycles. The van der Waals surface area contributed by atoms with Crippen LogP contribution in [0.3, 0.4) is 0 Å². The van der Waals surface area contributed by atoms with Crippen molar-refractivity contribution in [3.05, 3.63) is 167 Å². The molecule has 0 amide bonds. The second kappa shape index (κ2) is 10.4. The lowest BCUT2D eigenvalue weighted by atomic mass is 9.80. The molecule has 0 radical (unpaired) electrons. The topological polar surface area (TPSA) is 57.4 Å². The highest BCUT2D eigenvalue weighted by molar-refractivity contribution is 6.16. The fraction of sp³-hybridized carbons (Fsp3) is 0.120. The van der Waals surface area contributed by atoms with Gasteiger partial charge in [-0.3, -0.25) is 0 Å². The van der Waals surface area contributed by atoms with E-state index in [1.165, 1.54) is 55.3 Å². The first kappa shape index (κ1) is 30.7. The average molecular weight is 691 g/mol. The summed E-state index contributed by atoms with van der Waals surface area (Å²) in [6.07, 6.45) is 0. The number of benzene rings is 7. The van der Waals surface area contributed by atoms with Gasteiger partial charge >= 0.3 is 0 Å². The van der Waals surface area contributed by atoms with Crippen LogP contribution in [0.25, 0.3) is 77.2 Å². The van der Waals surface area contributed by atoms with Crippen LogP contribution < -0.4 is 0 Å². The van der Waals surface area contributed by atoms with E-state index >= 15 is 0 Å². The van der Waals surface area contributed by atoms with Crippen LogP contribution in [0.15, 0.2) is 133 Å². The molecule has 0 spiro atoms. The molecule has 2 aromatic heterocycles. The molecule has 0 aliphatic heterocycles. The van der Waals surface area contributed by atoms with Crippen LogP contribution >= 0.6 is 0 Å². The van der Waals surface area contributed by atoms with Gasteiger partial charge in [0.25, 0.3) is 0 Å². The third-order valence-corrected chi connectivity index (χ3v) is 12.5. The minimum atomic E-state index is -0.229. The highest BCUT2D eigenvalue weighted by Crippen LogP contribution is 2.55. The van der Waals surface area contributed by atoms with Crippen molar-refractivity contribution in [1.29, 1.82) is 10.5 Å². The summed E-state index contributed by atoms with van der Waals surface area (Å²) in [6.45, 7) is 9.25. The molecule has 0 saturated carbocycles. The predicted molar refractivity (Wildman–Crippen MR) is 220 cm³/mol. The Balaban J connectivity index is 1.20. The maximum Gasteiger partial charge on any atom is 0.101 e. The third kappa shape index (κ3) is 3.65. The van der Waals surface area contributed by atoms with Gasteiger partial charge in [-0.2, -0.15) is 10.5 Å². The molecule has 254 valence electrons. The van der Waals surface area contributed by atoms with E-state index in [9.17, 15) is 10.5 Å². The van der Waals surface area contributed by atoms with Crippen molar-refractivity contribution < 1.29 is 0 Å². The second-order valence-electron chi connectivity index (χ2n) is 15.9. The first-order valence-corrected chi connectivity index (χ1v) is 18.6. The SMILES string of the molecule is CC1(C)c2ccccc2-c2ccc3c(c21)c1ccccc1n3-c1cc(C#N)c(-n2c3ccccc3c3c4c(ccc32)-c2ccccc2C4(C)C)c(C#N)c1. The van der Waals surface area contributed by atoms with Gasteiger partial charge in [-0.1, -0.05) is 125 Å². The Bertz CT molecular complexity index is 3210. The van der Waals surface area contributed by atoms with E-state index < -0.39 is 0 Å². The van der Waals surface area contributed by atoms with E-state index in [0.29, 0.717) is 16.8 Å². The van der Waals surface area contributed by atoms with Crippen LogP contribution in [0.2, 0.25) is 0 Å². The number of para-hydroxylation sites is 2. The molecule has 0 unspecified atom stereocenters. The smallest absolute Gasteiger partial charge is 0.101 e. The minimum Gasteiger partial charge on any atom is -0.309 e. The predicted octanol–water partition coefficient (Wildman–Crippen LogP) is 12.2. The van der Waals surface area contributed by atoms with Gasteiger partial charge in [0.2, 0.25) is 0 Å². The van der Waals surface area contributed by atoms with Crippen molar-refractivity contribution in [1.82, 2.24) is 9.13 Å². The highest BCUT2D eigenvalue weighted by atomic mass is 15.0. The van der Waals surface area contributed by atoms with Gasteiger partial charge in [-0.15, -0.1) is 0 Å². The fourth-order valence-electron chi connectivity index (χ4n) is 10.3. The summed E-state index contributed by atoms with van der Waals surface area (Å²) < 4.78 is 4.40. The molecule has 0 atom stereocenters. The number of rotatable bonds is 2. The summed E-state index contributed by atoms with van der Waals surface area (Å²) in [5.41, 5.74) is 16.3. The molecule has 0 N–H and O–H groups in total. The zero-order valence-corrected chi connectivity index (χ0v) is 30.5. The molecule has 0 fully saturated rings. The number of aromatic nitrogens is 2. The molecular formula is C50H34N4. The third-order valence-electron chi connectivity index (χ3n) is 12.5. The lowest BCUT2D eigenvalue weighted by molar-refractivity contribution is 0.666. The van der Waals surface area contributed by atoms with Gasteiger partial charge in [0, 0.05) is 38.1 Å². The summed E-state index contributed by atoms with van der Waals surface area (Å²) in [6, 6.07) is 52.3. The van der Waals surface area contributed by atoms with Crippen molar-refractivity contribution >= 4 is 43.6 Å². The second-order valence-corrected chi connectivity index (χ2v) is 15.9. The maximum absolute atomic E-state index is 11.0. The molecule has 54 heavy (non-hydrogen) atoms. The van der Waals surface area contributed by atoms with Gasteiger partial charge in [-0.05, 0) is 80.9 Å². The Morgan fingerprint density at radius 2 is 0.870 bits per heavy atom. The monoisotopic (exact) mass is 690 g/mol. The van der Waals surface area contributed by atoms with Crippen molar-refractivity contribution in [2.75, 3.05) is 0 Å². The first-order chi connectivity index (χ1) is 26.3. The number of hydrogen-bond acceptors (Lipinski definition) is 2. The fourth-order valence-corrected chi connectivity index (χ4v) is 10.3. The van der Waals surface area contributed by atoms with Crippen LogP contribution in [0.5, 0.6) is 0 Å². The Hall–Kier alpha value is -6.88. The van der Waals surface area contributed by atoms with E-state index in [-0.39, 0.29) is 10.8 Å². The summed E-state index contributed by atoms with van der Waals surface area (Å²) in [5.74, 6) is 0. The van der Waals surface area contributed by atoms with Crippen molar-refractivity contribution in [2.24, 2.45) is 0 Å². The molecule has 2 aliphatic rings. The average Bonchev–Trinajstić information content (AvgIpc) is 3.86. The first-order valence-electron chi connectivity index (χ1n) is 18.6. The van der Waals surface area contributed by atoms with Crippen molar-refractivity contribution in [2.45, 2.75) is 38.5 Å². The Morgan fingerprint density at radius 3 is 1.37 bits per heavy atom. The van der Waals surface area contributed by atoms with Crippen LogP contribution in [0.1, 0.15) is 61.1 Å². The number of nitrogens with zero attached hydrogens (tertiary/aromatic N) is 4. The molecule has 4 heteroatoms. The van der Waals surface area contributed by atoms with Gasteiger partial charge in [-0.25, -0.2) is 0 Å². The van der Waals surface area contributed by atoms with Gasteiger partial charge in [0.15, 0.2) is 0 Å².